The Morgan fingerprint density at radius 2 is 1.71 bits per heavy atom. The molecule has 7 nitrogen and oxygen atoms in total. The van der Waals surface area contributed by atoms with E-state index in [1.54, 1.807) is 6.92 Å². The van der Waals surface area contributed by atoms with Crippen molar-refractivity contribution in [3.8, 4) is 11.5 Å². The van der Waals surface area contributed by atoms with E-state index in [0.717, 1.165) is 50.4 Å². The van der Waals surface area contributed by atoms with E-state index in [-0.39, 0.29) is 11.5 Å². The number of nitrogens with zero attached hydrogens (tertiary/aromatic N) is 3. The van der Waals surface area contributed by atoms with Gasteiger partial charge in [0.15, 0.2) is 9.84 Å². The molecule has 2 heterocycles. The monoisotopic (exact) mass is 447 g/mol. The summed E-state index contributed by atoms with van der Waals surface area (Å²) in [6.07, 6.45) is 0.987. The molecule has 0 aliphatic carbocycles. The van der Waals surface area contributed by atoms with Crippen LogP contribution in [-0.2, 0) is 20.4 Å². The Morgan fingerprint density at radius 1 is 1.06 bits per heavy atom. The smallest absolute Gasteiger partial charge is 0.226 e. The lowest BCUT2D eigenvalue weighted by molar-refractivity contribution is -0.116. The average molecular weight is 448 g/mol. The van der Waals surface area contributed by atoms with Gasteiger partial charge in [0.1, 0.15) is 17.3 Å². The Hall–Kier alpha value is -2.03. The van der Waals surface area contributed by atoms with Gasteiger partial charge in [0.05, 0.1) is 11.4 Å². The Balaban J connectivity index is 1.48. The van der Waals surface area contributed by atoms with Crippen molar-refractivity contribution >= 4 is 15.6 Å². The molecule has 2 aromatic rings. The van der Waals surface area contributed by atoms with Gasteiger partial charge in [-0.3, -0.25) is 4.79 Å². The Bertz CT molecular complexity index is 975. The summed E-state index contributed by atoms with van der Waals surface area (Å²) in [6, 6.07) is 7.69. The number of carbonyl (C=O) groups is 1. The molecule has 0 atom stereocenters. The molecule has 0 radical (unpaired) electrons. The minimum Gasteiger partial charge on any atom is -0.441 e. The fraction of sp³-hybridized carbons (Fsp3) is 0.565. The number of rotatable bonds is 10. The van der Waals surface area contributed by atoms with Crippen LogP contribution in [0.3, 0.4) is 0 Å². The minimum atomic E-state index is -3.59. The van der Waals surface area contributed by atoms with Gasteiger partial charge < -0.3 is 14.2 Å². The first-order valence-corrected chi connectivity index (χ1v) is 12.8. The van der Waals surface area contributed by atoms with Gasteiger partial charge in [-0.2, -0.15) is 0 Å². The third-order valence-electron chi connectivity index (χ3n) is 5.77. The van der Waals surface area contributed by atoms with Crippen LogP contribution in [0.25, 0.3) is 11.5 Å². The molecule has 1 saturated heterocycles. The molecule has 170 valence electrons. The molecule has 1 fully saturated rings. The summed E-state index contributed by atoms with van der Waals surface area (Å²) < 4.78 is 30.8. The quantitative estimate of drug-likeness (QED) is 0.554. The Morgan fingerprint density at radius 3 is 2.35 bits per heavy atom. The van der Waals surface area contributed by atoms with E-state index in [9.17, 15) is 13.2 Å². The molecule has 1 aliphatic rings. The van der Waals surface area contributed by atoms with Crippen molar-refractivity contribution in [1.82, 2.24) is 14.8 Å². The van der Waals surface area contributed by atoms with Crippen molar-refractivity contribution in [3.63, 3.8) is 0 Å². The Labute approximate surface area is 185 Å². The van der Waals surface area contributed by atoms with Crippen molar-refractivity contribution in [2.24, 2.45) is 0 Å². The first-order valence-electron chi connectivity index (χ1n) is 11.0. The number of likely N-dealkylation sites (N-methyl/N-ethyl adjacent to an activating group) is 1. The number of aromatic nitrogens is 1. The number of aryl methyl sites for hydroxylation is 2. The number of ketones is 1. The lowest BCUT2D eigenvalue weighted by Gasteiger charge is -2.33. The molecule has 31 heavy (non-hydrogen) atoms. The first-order chi connectivity index (χ1) is 14.8. The molecular weight excluding hydrogens is 414 g/mol. The fourth-order valence-electron chi connectivity index (χ4n) is 3.79. The number of piperazine rings is 1. The van der Waals surface area contributed by atoms with Crippen LogP contribution in [0.15, 0.2) is 28.7 Å². The van der Waals surface area contributed by atoms with Crippen LogP contribution in [0, 0.1) is 13.8 Å². The summed E-state index contributed by atoms with van der Waals surface area (Å²) in [5.74, 6) is -0.0797. The van der Waals surface area contributed by atoms with Gasteiger partial charge in [-0.25, -0.2) is 13.4 Å². The lowest BCUT2D eigenvalue weighted by Crippen LogP contribution is -2.46. The van der Waals surface area contributed by atoms with Crippen LogP contribution >= 0.6 is 0 Å². The minimum absolute atomic E-state index is 0.230. The third-order valence-corrected chi connectivity index (χ3v) is 7.25. The molecule has 0 amide bonds. The lowest BCUT2D eigenvalue weighted by atomic mass is 10.1. The van der Waals surface area contributed by atoms with Gasteiger partial charge in [0.25, 0.3) is 0 Å². The normalized spacial score (nSPS) is 16.0. The number of sulfone groups is 1. The molecule has 0 unspecified atom stereocenters. The number of carbonyl (C=O) groups excluding carboxylic acids is 1. The van der Waals surface area contributed by atoms with Gasteiger partial charge in [0, 0.05) is 38.2 Å². The number of benzene rings is 1. The summed E-state index contributed by atoms with van der Waals surface area (Å²) in [5, 5.41) is 0. The highest BCUT2D eigenvalue weighted by molar-refractivity contribution is 7.91. The van der Waals surface area contributed by atoms with Gasteiger partial charge in [0.2, 0.25) is 5.89 Å². The number of hydrogen-bond acceptors (Lipinski definition) is 7. The summed E-state index contributed by atoms with van der Waals surface area (Å²) in [6.45, 7) is 11.9. The zero-order chi connectivity index (χ0) is 22.4. The van der Waals surface area contributed by atoms with E-state index in [4.69, 9.17) is 4.42 Å². The van der Waals surface area contributed by atoms with Crippen molar-refractivity contribution in [3.05, 3.63) is 41.3 Å². The zero-order valence-electron chi connectivity index (χ0n) is 18.8. The highest BCUT2D eigenvalue weighted by atomic mass is 32.2. The molecule has 3 rings (SSSR count). The van der Waals surface area contributed by atoms with E-state index in [0.29, 0.717) is 30.2 Å². The van der Waals surface area contributed by atoms with Crippen LogP contribution in [0.2, 0.25) is 0 Å². The van der Waals surface area contributed by atoms with Crippen LogP contribution in [0.4, 0.5) is 0 Å². The summed E-state index contributed by atoms with van der Waals surface area (Å²) in [5.41, 5.74) is 2.29. The summed E-state index contributed by atoms with van der Waals surface area (Å²) in [7, 11) is -3.59. The first kappa shape index (κ1) is 23.6. The molecule has 1 aromatic carbocycles. The number of hydrogen-bond donors (Lipinski definition) is 0. The molecule has 1 aromatic heterocycles. The van der Waals surface area contributed by atoms with Crippen LogP contribution < -0.4 is 0 Å². The van der Waals surface area contributed by atoms with E-state index in [2.05, 4.69) is 21.7 Å². The molecule has 0 saturated carbocycles. The standard InChI is InChI=1S/C23H33N3O4S/c1-4-25-12-14-26(15-13-25)11-5-6-21(27)16-31(28,29)17-22-19(3)30-23(24-22)20-9-7-18(2)8-10-20/h7-10H,4-6,11-17H2,1-3H3. The van der Waals surface area contributed by atoms with Crippen molar-refractivity contribution < 1.29 is 17.6 Å². The maximum Gasteiger partial charge on any atom is 0.226 e. The van der Waals surface area contributed by atoms with Crippen molar-refractivity contribution in [1.29, 1.82) is 0 Å². The maximum absolute atomic E-state index is 12.6. The van der Waals surface area contributed by atoms with Gasteiger partial charge >= 0.3 is 0 Å². The van der Waals surface area contributed by atoms with Crippen LogP contribution in [0.1, 0.15) is 36.8 Å². The maximum atomic E-state index is 12.6. The van der Waals surface area contributed by atoms with Crippen LogP contribution in [-0.4, -0.2) is 74.0 Å². The molecular formula is C23H33N3O4S. The molecule has 0 bridgehead atoms. The van der Waals surface area contributed by atoms with E-state index in [1.165, 1.54) is 0 Å². The van der Waals surface area contributed by atoms with Gasteiger partial charge in [-0.1, -0.05) is 24.6 Å². The molecule has 1 aliphatic heterocycles. The highest BCUT2D eigenvalue weighted by Gasteiger charge is 2.22. The second-order valence-electron chi connectivity index (χ2n) is 8.34. The second kappa shape index (κ2) is 10.5. The summed E-state index contributed by atoms with van der Waals surface area (Å²) in [4.78, 5) is 21.4. The predicted molar refractivity (Wildman–Crippen MR) is 122 cm³/mol. The van der Waals surface area contributed by atoms with Crippen molar-refractivity contribution in [2.45, 2.75) is 39.4 Å². The van der Waals surface area contributed by atoms with E-state index in [1.807, 2.05) is 31.2 Å². The third kappa shape index (κ3) is 6.98. The Kier molecular flexibility index (Phi) is 8.02. The summed E-state index contributed by atoms with van der Waals surface area (Å²) >= 11 is 0. The average Bonchev–Trinajstić information content (AvgIpc) is 3.08. The molecule has 0 spiro atoms. The second-order valence-corrected chi connectivity index (χ2v) is 10.4. The van der Waals surface area contributed by atoms with Crippen LogP contribution in [0.5, 0.6) is 0 Å². The topological polar surface area (TPSA) is 83.7 Å². The van der Waals surface area contributed by atoms with E-state index >= 15 is 0 Å². The SMILES string of the molecule is CCN1CCN(CCCC(=O)CS(=O)(=O)Cc2nc(-c3ccc(C)cc3)oc2C)CC1. The van der Waals surface area contributed by atoms with Gasteiger partial charge in [-0.15, -0.1) is 0 Å². The van der Waals surface area contributed by atoms with Crippen molar-refractivity contribution in [2.75, 3.05) is 45.0 Å². The van der Waals surface area contributed by atoms with Gasteiger partial charge in [-0.05, 0) is 45.5 Å². The number of Topliss-reactive ketones (excluding diaryl/α,β-unsaturated/α-hetero) is 1. The molecule has 0 N–H and O–H groups in total. The largest absolute Gasteiger partial charge is 0.441 e. The van der Waals surface area contributed by atoms with E-state index < -0.39 is 15.6 Å². The molecule has 8 heteroatoms. The number of oxazole rings is 1. The fourth-order valence-corrected chi connectivity index (χ4v) is 5.21. The zero-order valence-corrected chi connectivity index (χ0v) is 19.6. The predicted octanol–water partition coefficient (Wildman–Crippen LogP) is 2.86. The highest BCUT2D eigenvalue weighted by Crippen LogP contribution is 2.23.